The van der Waals surface area contributed by atoms with Gasteiger partial charge in [0.2, 0.25) is 5.79 Å². The maximum absolute atomic E-state index is 14.6. The molecule has 332 valence electrons. The SMILES string of the molecule is CC[C@@]1(O)C[C@@H](C)[C@H](O)[C@H](C)[C@@H](O)[C@](C)(O)[C@@H](Cc2ccccc2)OC(=O)[C@H](C)[C@@H](OC2CC3(OC)OC3C(C)O2)[C@H](C)[C@H]1OC1OC(C)CC(N(C)C(C)C)C1O. The molecule has 4 fully saturated rings. The zero-order valence-corrected chi connectivity index (χ0v) is 36.7. The van der Waals surface area contributed by atoms with E-state index >= 15 is 0 Å². The Kier molecular flexibility index (Phi) is 15.2. The number of epoxide rings is 1. The summed E-state index contributed by atoms with van der Waals surface area (Å²) in [6.07, 6.45) is -9.38. The van der Waals surface area contributed by atoms with Gasteiger partial charge in [0.25, 0.3) is 0 Å². The highest BCUT2D eigenvalue weighted by molar-refractivity contribution is 5.73. The number of nitrogens with zero attached hydrogens (tertiary/aromatic N) is 1. The highest BCUT2D eigenvalue weighted by Gasteiger charge is 2.65. The normalized spacial score (nSPS) is 47.0. The predicted molar refractivity (Wildman–Crippen MR) is 214 cm³/mol. The summed E-state index contributed by atoms with van der Waals surface area (Å²) in [6, 6.07) is 9.03. The molecule has 8 unspecified atom stereocenters. The molecule has 4 aliphatic rings. The Bertz CT molecular complexity index is 1480. The van der Waals surface area contributed by atoms with Crippen molar-refractivity contribution in [3.63, 3.8) is 0 Å². The van der Waals surface area contributed by atoms with Crippen molar-refractivity contribution in [2.45, 2.75) is 198 Å². The van der Waals surface area contributed by atoms with Gasteiger partial charge in [-0.05, 0) is 79.3 Å². The molecular formula is C44H73NO13. The number of cyclic esters (lactones) is 1. The third kappa shape index (κ3) is 9.79. The fourth-order valence-corrected chi connectivity index (χ4v) is 9.72. The largest absolute Gasteiger partial charge is 0.459 e. The lowest BCUT2D eigenvalue weighted by molar-refractivity contribution is -0.311. The highest BCUT2D eigenvalue weighted by atomic mass is 16.8. The van der Waals surface area contributed by atoms with Crippen LogP contribution in [-0.4, -0.2) is 147 Å². The van der Waals surface area contributed by atoms with Crippen molar-refractivity contribution in [2.24, 2.45) is 23.7 Å². The lowest BCUT2D eigenvalue weighted by Crippen LogP contribution is -2.62. The molecule has 5 rings (SSSR count). The molecule has 0 aromatic heterocycles. The maximum atomic E-state index is 14.6. The van der Waals surface area contributed by atoms with Crippen molar-refractivity contribution in [3.05, 3.63) is 35.9 Å². The highest BCUT2D eigenvalue weighted by Crippen LogP contribution is 2.50. The number of carbonyl (C=O) groups excluding carboxylic acids is 1. The molecule has 0 amide bonds. The standard InChI is InChI=1S/C44H73NO13/c1-13-43(51)21-24(4)34(46)26(6)37(48)42(10,50)32(20-30-17-15-14-16-18-30)55-40(49)28(8)36(56-33-22-44(52-12)39(58-44)29(9)54-33)27(7)38(43)57-41-35(47)31(19-25(5)53-41)45(11)23(2)3/h14-18,23-29,31-39,41,46-48,50-51H,13,19-22H2,1-12H3/t24-,25?,26+,27+,28-,29?,31?,32-,33?,34+,35?,36+,37-,38-,39?,41?,42-,43-,44?/m1/s1. The van der Waals surface area contributed by atoms with Gasteiger partial charge in [-0.2, -0.15) is 0 Å². The summed E-state index contributed by atoms with van der Waals surface area (Å²) in [5, 5.41) is 60.6. The summed E-state index contributed by atoms with van der Waals surface area (Å²) in [5.74, 6) is -5.05. The van der Waals surface area contributed by atoms with Crippen LogP contribution in [0.1, 0.15) is 100 Å². The number of benzene rings is 1. The molecule has 0 aliphatic carbocycles. The van der Waals surface area contributed by atoms with Gasteiger partial charge in [-0.3, -0.25) is 9.69 Å². The summed E-state index contributed by atoms with van der Waals surface area (Å²) >= 11 is 0. The van der Waals surface area contributed by atoms with Crippen LogP contribution in [0.3, 0.4) is 0 Å². The van der Waals surface area contributed by atoms with Gasteiger partial charge < -0.3 is 58.7 Å². The fraction of sp³-hybridized carbons (Fsp3) is 0.841. The van der Waals surface area contributed by atoms with Gasteiger partial charge in [-0.15, -0.1) is 0 Å². The van der Waals surface area contributed by atoms with Crippen molar-refractivity contribution < 1.29 is 63.5 Å². The van der Waals surface area contributed by atoms with Crippen LogP contribution in [-0.2, 0) is 44.4 Å². The minimum atomic E-state index is -2.01. The van der Waals surface area contributed by atoms with Crippen molar-refractivity contribution >= 4 is 5.97 Å². The van der Waals surface area contributed by atoms with Crippen molar-refractivity contribution in [3.8, 4) is 0 Å². The summed E-state index contributed by atoms with van der Waals surface area (Å²) in [6.45, 7) is 18.0. The number of carbonyl (C=O) groups is 1. The molecule has 1 aromatic rings. The van der Waals surface area contributed by atoms with E-state index in [1.165, 1.54) is 6.92 Å². The molecule has 5 N–H and O–H groups in total. The zero-order valence-electron chi connectivity index (χ0n) is 36.7. The number of esters is 1. The minimum Gasteiger partial charge on any atom is -0.459 e. The molecular weight excluding hydrogens is 750 g/mol. The number of methoxy groups -OCH3 is 1. The Morgan fingerprint density at radius 3 is 2.19 bits per heavy atom. The molecule has 1 aromatic carbocycles. The molecule has 0 radical (unpaired) electrons. The van der Waals surface area contributed by atoms with Gasteiger partial charge in [0.15, 0.2) is 12.6 Å². The molecule has 4 saturated heterocycles. The Labute approximate surface area is 345 Å². The lowest BCUT2D eigenvalue weighted by atomic mass is 9.72. The van der Waals surface area contributed by atoms with Gasteiger partial charge >= 0.3 is 5.97 Å². The third-order valence-electron chi connectivity index (χ3n) is 13.9. The molecule has 0 saturated carbocycles. The Morgan fingerprint density at radius 1 is 0.931 bits per heavy atom. The van der Waals surface area contributed by atoms with Gasteiger partial charge in [-0.25, -0.2) is 0 Å². The van der Waals surface area contributed by atoms with Gasteiger partial charge in [0.05, 0.1) is 54.6 Å². The number of aliphatic hydroxyl groups excluding tert-OH is 3. The number of aliphatic hydroxyl groups is 5. The monoisotopic (exact) mass is 824 g/mol. The number of fused-ring (bicyclic) bond motifs is 1. The summed E-state index contributed by atoms with van der Waals surface area (Å²) in [5.41, 5.74) is -2.94. The van der Waals surface area contributed by atoms with E-state index in [2.05, 4.69) is 4.90 Å². The minimum absolute atomic E-state index is 0.00910. The van der Waals surface area contributed by atoms with Crippen LogP contribution in [0, 0.1) is 23.7 Å². The van der Waals surface area contributed by atoms with Crippen LogP contribution < -0.4 is 0 Å². The molecule has 58 heavy (non-hydrogen) atoms. The van der Waals surface area contributed by atoms with Crippen LogP contribution in [0.25, 0.3) is 0 Å². The quantitative estimate of drug-likeness (QED) is 0.170. The van der Waals surface area contributed by atoms with E-state index in [0.717, 1.165) is 5.56 Å². The second-order valence-corrected chi connectivity index (χ2v) is 18.5. The molecule has 0 spiro atoms. The van der Waals surface area contributed by atoms with Crippen LogP contribution in [0.5, 0.6) is 0 Å². The van der Waals surface area contributed by atoms with E-state index in [-0.39, 0.29) is 50.0 Å². The second-order valence-electron chi connectivity index (χ2n) is 18.5. The smallest absolute Gasteiger partial charge is 0.311 e. The second kappa shape index (κ2) is 18.7. The molecule has 4 aliphatic heterocycles. The molecule has 14 nitrogen and oxygen atoms in total. The first-order valence-electron chi connectivity index (χ1n) is 21.4. The maximum Gasteiger partial charge on any atom is 0.311 e. The van der Waals surface area contributed by atoms with E-state index < -0.39 is 102 Å². The first-order chi connectivity index (χ1) is 27.1. The number of hydrogen-bond acceptors (Lipinski definition) is 14. The topological polar surface area (TPSA) is 189 Å². The molecule has 19 atom stereocenters. The van der Waals surface area contributed by atoms with Gasteiger partial charge in [-0.1, -0.05) is 58.0 Å². The molecule has 14 heteroatoms. The van der Waals surface area contributed by atoms with Crippen molar-refractivity contribution in [1.29, 1.82) is 0 Å². The first-order valence-corrected chi connectivity index (χ1v) is 21.4. The number of ether oxygens (including phenoxy) is 7. The Hall–Kier alpha value is -1.79. The summed E-state index contributed by atoms with van der Waals surface area (Å²) < 4.78 is 44.2. The van der Waals surface area contributed by atoms with Gasteiger partial charge in [0, 0.05) is 37.5 Å². The van der Waals surface area contributed by atoms with Crippen molar-refractivity contribution in [2.75, 3.05) is 14.2 Å². The fourth-order valence-electron chi connectivity index (χ4n) is 9.72. The van der Waals surface area contributed by atoms with Crippen LogP contribution in [0.15, 0.2) is 30.3 Å². The van der Waals surface area contributed by atoms with E-state index in [1.54, 1.807) is 27.9 Å². The van der Waals surface area contributed by atoms with E-state index in [0.29, 0.717) is 6.42 Å². The van der Waals surface area contributed by atoms with E-state index in [4.69, 9.17) is 33.2 Å². The number of likely N-dealkylation sites (N-methyl/N-ethyl adjacent to an activating group) is 1. The lowest BCUT2D eigenvalue weighted by Gasteiger charge is -2.49. The molecule has 4 heterocycles. The predicted octanol–water partition coefficient (Wildman–Crippen LogP) is 3.55. The molecule has 0 bridgehead atoms. The van der Waals surface area contributed by atoms with E-state index in [9.17, 15) is 30.3 Å². The summed E-state index contributed by atoms with van der Waals surface area (Å²) in [4.78, 5) is 16.7. The average Bonchev–Trinajstić information content (AvgIpc) is 3.93. The third-order valence-corrected chi connectivity index (χ3v) is 13.9. The van der Waals surface area contributed by atoms with Crippen LogP contribution in [0.4, 0.5) is 0 Å². The van der Waals surface area contributed by atoms with Crippen LogP contribution in [0.2, 0.25) is 0 Å². The van der Waals surface area contributed by atoms with Crippen molar-refractivity contribution in [1.82, 2.24) is 4.90 Å². The Morgan fingerprint density at radius 2 is 1.59 bits per heavy atom. The number of hydrogen-bond donors (Lipinski definition) is 5. The number of rotatable bonds is 10. The zero-order chi connectivity index (χ0) is 43.1. The average molecular weight is 824 g/mol. The van der Waals surface area contributed by atoms with E-state index in [1.807, 2.05) is 78.9 Å². The summed E-state index contributed by atoms with van der Waals surface area (Å²) in [7, 11) is 3.51. The Balaban J connectivity index is 1.61. The van der Waals surface area contributed by atoms with Crippen LogP contribution >= 0.6 is 0 Å². The first kappa shape index (κ1) is 47.3. The van der Waals surface area contributed by atoms with Gasteiger partial charge in [0.1, 0.15) is 23.9 Å².